The highest BCUT2D eigenvalue weighted by Crippen LogP contribution is 2.36. The van der Waals surface area contributed by atoms with Crippen molar-refractivity contribution in [3.63, 3.8) is 0 Å². The Kier molecular flexibility index (Phi) is 6.49. The molecule has 0 radical (unpaired) electrons. The lowest BCUT2D eigenvalue weighted by molar-refractivity contribution is 0.0658. The number of likely N-dealkylation sites (N-methyl/N-ethyl adjacent to an activating group) is 1. The molecule has 8 nitrogen and oxygen atoms in total. The smallest absolute Gasteiger partial charge is 0.272 e. The minimum Gasteiger partial charge on any atom is -0.454 e. The molecule has 4 aromatic rings. The first-order valence-corrected chi connectivity index (χ1v) is 13.2. The Balaban J connectivity index is 1.31. The summed E-state index contributed by atoms with van der Waals surface area (Å²) in [5.41, 5.74) is 6.27. The van der Waals surface area contributed by atoms with E-state index in [-0.39, 0.29) is 5.91 Å². The maximum Gasteiger partial charge on any atom is 0.272 e. The Bertz CT molecular complexity index is 1600. The molecular formula is C30H29FN6O2. The fraction of sp³-hybridized carbons (Fsp3) is 0.333. The number of hydrogen-bond acceptors (Lipinski definition) is 7. The lowest BCUT2D eigenvalue weighted by Crippen LogP contribution is -2.47. The molecule has 1 aromatic carbocycles. The van der Waals surface area contributed by atoms with E-state index in [0.717, 1.165) is 41.0 Å². The summed E-state index contributed by atoms with van der Waals surface area (Å²) < 4.78 is 20.1. The van der Waals surface area contributed by atoms with Gasteiger partial charge in [-0.05, 0) is 55.8 Å². The number of alkyl halides is 1. The van der Waals surface area contributed by atoms with Gasteiger partial charge in [0.25, 0.3) is 5.91 Å². The van der Waals surface area contributed by atoms with Gasteiger partial charge in [-0.1, -0.05) is 6.07 Å². The summed E-state index contributed by atoms with van der Waals surface area (Å²) in [6.45, 7) is 5.94. The summed E-state index contributed by atoms with van der Waals surface area (Å²) in [5.74, 6) is 0.552. The van der Waals surface area contributed by atoms with Crippen molar-refractivity contribution in [1.82, 2.24) is 19.8 Å². The van der Waals surface area contributed by atoms with Gasteiger partial charge in [-0.25, -0.2) is 4.39 Å². The van der Waals surface area contributed by atoms with Crippen molar-refractivity contribution in [2.75, 3.05) is 51.2 Å². The molecule has 0 saturated carbocycles. The van der Waals surface area contributed by atoms with Crippen LogP contribution in [0.25, 0.3) is 33.6 Å². The van der Waals surface area contributed by atoms with Crippen molar-refractivity contribution in [2.45, 2.75) is 19.5 Å². The van der Waals surface area contributed by atoms with Gasteiger partial charge in [0.15, 0.2) is 5.58 Å². The molecule has 6 rings (SSSR count). The van der Waals surface area contributed by atoms with Crippen molar-refractivity contribution in [3.05, 3.63) is 65.6 Å². The number of pyridine rings is 2. The first kappa shape index (κ1) is 25.0. The molecule has 2 aliphatic rings. The number of nitrogens with zero attached hydrogens (tertiary/aromatic N) is 6. The van der Waals surface area contributed by atoms with Gasteiger partial charge < -0.3 is 19.1 Å². The zero-order valence-electron chi connectivity index (χ0n) is 22.0. The van der Waals surface area contributed by atoms with E-state index >= 15 is 0 Å². The van der Waals surface area contributed by atoms with Crippen LogP contribution in [0.5, 0.6) is 0 Å². The number of halogens is 1. The summed E-state index contributed by atoms with van der Waals surface area (Å²) >= 11 is 0. The molecule has 2 fully saturated rings. The fourth-order valence-corrected chi connectivity index (χ4v) is 5.41. The number of carbonyl (C=O) groups excluding carboxylic acids is 1. The average Bonchev–Trinajstić information content (AvgIpc) is 3.58. The number of carbonyl (C=O) groups is 1. The van der Waals surface area contributed by atoms with Gasteiger partial charge in [-0.15, -0.1) is 0 Å². The number of benzene rings is 1. The Morgan fingerprint density at radius 3 is 2.62 bits per heavy atom. The Morgan fingerprint density at radius 2 is 1.90 bits per heavy atom. The summed E-state index contributed by atoms with van der Waals surface area (Å²) in [6.07, 6.45) is 3.02. The lowest BCUT2D eigenvalue weighted by atomic mass is 10.0. The quantitative estimate of drug-likeness (QED) is 0.383. The molecule has 0 N–H and O–H groups in total. The number of aryl methyl sites for hydroxylation is 1. The highest BCUT2D eigenvalue weighted by molar-refractivity contribution is 5.95. The molecule has 1 atom stereocenters. The molecule has 2 saturated heterocycles. The average molecular weight is 525 g/mol. The van der Waals surface area contributed by atoms with E-state index in [0.29, 0.717) is 60.7 Å². The second-order valence-electron chi connectivity index (χ2n) is 10.3. The van der Waals surface area contributed by atoms with Crippen molar-refractivity contribution in [2.24, 2.45) is 0 Å². The molecule has 0 spiro atoms. The van der Waals surface area contributed by atoms with Gasteiger partial charge in [-0.3, -0.25) is 14.8 Å². The van der Waals surface area contributed by atoms with Gasteiger partial charge in [0.1, 0.15) is 29.2 Å². The highest BCUT2D eigenvalue weighted by Gasteiger charge is 2.25. The number of piperazine rings is 1. The van der Waals surface area contributed by atoms with Crippen molar-refractivity contribution in [3.8, 4) is 28.5 Å². The minimum atomic E-state index is -0.866. The maximum atomic E-state index is 13.8. The largest absolute Gasteiger partial charge is 0.454 e. The third kappa shape index (κ3) is 4.72. The number of aromatic nitrogens is 2. The Hall–Kier alpha value is -4.29. The van der Waals surface area contributed by atoms with Gasteiger partial charge in [-0.2, -0.15) is 5.26 Å². The van der Waals surface area contributed by atoms with Gasteiger partial charge >= 0.3 is 0 Å². The van der Waals surface area contributed by atoms with Gasteiger partial charge in [0, 0.05) is 68.9 Å². The van der Waals surface area contributed by atoms with E-state index in [1.54, 1.807) is 12.4 Å². The van der Waals surface area contributed by atoms with Crippen LogP contribution in [0.3, 0.4) is 0 Å². The van der Waals surface area contributed by atoms with Crippen molar-refractivity contribution < 1.29 is 13.6 Å². The fourth-order valence-electron chi connectivity index (χ4n) is 5.41. The van der Waals surface area contributed by atoms with E-state index in [1.165, 1.54) is 0 Å². The SMILES string of the molecule is Cc1cc(C(=O)N2CCN(C)CC2)ncc1-c1cc2nccc(-c3ccc(N4CC[C@@H](F)C4)c(C#N)c3)c2o1. The van der Waals surface area contributed by atoms with E-state index < -0.39 is 6.17 Å². The Morgan fingerprint density at radius 1 is 1.08 bits per heavy atom. The van der Waals surface area contributed by atoms with E-state index in [4.69, 9.17) is 4.42 Å². The second-order valence-corrected chi connectivity index (χ2v) is 10.3. The van der Waals surface area contributed by atoms with Crippen LogP contribution in [0.2, 0.25) is 0 Å². The monoisotopic (exact) mass is 524 g/mol. The molecule has 0 aliphatic carbocycles. The predicted octanol–water partition coefficient (Wildman–Crippen LogP) is 4.67. The normalized spacial score (nSPS) is 18.1. The summed E-state index contributed by atoms with van der Waals surface area (Å²) in [6, 6.07) is 13.5. The molecule has 0 bridgehead atoms. The van der Waals surface area contributed by atoms with E-state index in [9.17, 15) is 14.4 Å². The zero-order chi connectivity index (χ0) is 27.1. The van der Waals surface area contributed by atoms with Crippen LogP contribution < -0.4 is 4.90 Å². The molecule has 3 aromatic heterocycles. The zero-order valence-corrected chi connectivity index (χ0v) is 22.0. The van der Waals surface area contributed by atoms with Crippen molar-refractivity contribution >= 4 is 22.7 Å². The number of fused-ring (bicyclic) bond motifs is 1. The molecule has 198 valence electrons. The molecule has 9 heteroatoms. The topological polar surface area (TPSA) is 89.5 Å². The highest BCUT2D eigenvalue weighted by atomic mass is 19.1. The summed E-state index contributed by atoms with van der Waals surface area (Å²) in [7, 11) is 2.06. The Labute approximate surface area is 226 Å². The van der Waals surface area contributed by atoms with Gasteiger partial charge in [0.05, 0.1) is 11.3 Å². The molecule has 5 heterocycles. The van der Waals surface area contributed by atoms with Crippen LogP contribution in [0.4, 0.5) is 10.1 Å². The standard InChI is InChI=1S/C30H29FN6O2/c1-19-13-26(30(38)36-11-9-35(2)10-12-36)34-17-24(19)28-15-25-29(39-28)23(5-7-33-25)20-3-4-27(21(14-20)16-32)37-8-6-22(31)18-37/h3-5,7,13-15,17,22H,6,8-12,18H2,1-2H3/t22-/m1/s1. The van der Waals surface area contributed by atoms with Crippen LogP contribution in [0, 0.1) is 18.3 Å². The number of anilines is 1. The number of furan rings is 1. The number of amides is 1. The van der Waals surface area contributed by atoms with Crippen molar-refractivity contribution in [1.29, 1.82) is 5.26 Å². The summed E-state index contributed by atoms with van der Waals surface area (Å²) in [4.78, 5) is 27.9. The second kappa shape index (κ2) is 10.1. The molecular weight excluding hydrogens is 495 g/mol. The lowest BCUT2D eigenvalue weighted by Gasteiger charge is -2.32. The minimum absolute atomic E-state index is 0.0565. The number of nitriles is 1. The van der Waals surface area contributed by atoms with Crippen LogP contribution in [0.15, 0.2) is 53.2 Å². The van der Waals surface area contributed by atoms with E-state index in [1.807, 2.05) is 53.1 Å². The molecule has 1 amide bonds. The van der Waals surface area contributed by atoms with Crippen LogP contribution in [-0.2, 0) is 0 Å². The third-order valence-corrected chi connectivity index (χ3v) is 7.70. The van der Waals surface area contributed by atoms with Crippen LogP contribution in [0.1, 0.15) is 28.0 Å². The third-order valence-electron chi connectivity index (χ3n) is 7.70. The first-order chi connectivity index (χ1) is 18.9. The predicted molar refractivity (Wildman–Crippen MR) is 147 cm³/mol. The number of rotatable bonds is 4. The maximum absolute atomic E-state index is 13.8. The molecule has 2 aliphatic heterocycles. The summed E-state index contributed by atoms with van der Waals surface area (Å²) in [5, 5.41) is 9.83. The van der Waals surface area contributed by atoms with E-state index in [2.05, 4.69) is 28.0 Å². The molecule has 0 unspecified atom stereocenters. The first-order valence-electron chi connectivity index (χ1n) is 13.2. The van der Waals surface area contributed by atoms with Crippen LogP contribution in [-0.4, -0.2) is 78.2 Å². The van der Waals surface area contributed by atoms with Gasteiger partial charge in [0.2, 0.25) is 0 Å². The van der Waals surface area contributed by atoms with Crippen LogP contribution >= 0.6 is 0 Å². The number of hydrogen-bond donors (Lipinski definition) is 0. The molecule has 39 heavy (non-hydrogen) atoms.